The van der Waals surface area contributed by atoms with E-state index in [0.717, 1.165) is 16.9 Å². The molecule has 0 bridgehead atoms. The number of benzene rings is 2. The van der Waals surface area contributed by atoms with Crippen molar-refractivity contribution in [3.8, 4) is 0 Å². The van der Waals surface area contributed by atoms with Gasteiger partial charge in [0.1, 0.15) is 15.9 Å². The Bertz CT molecular complexity index is 907. The molecule has 2 aromatic rings. The zero-order valence-electron chi connectivity index (χ0n) is 16.5. The maximum absolute atomic E-state index is 11.6. The SMILES string of the molecule is C[S+](C)CCC(=O)Nc1ccc(CC(=O)O)cc1.Cc1ccc(S(=O)(=O)[O-])cc1. The maximum Gasteiger partial charge on any atom is 0.307 e. The third-order valence-electron chi connectivity index (χ3n) is 3.64. The molecule has 0 atom stereocenters. The largest absolute Gasteiger partial charge is 0.744 e. The first-order chi connectivity index (χ1) is 13.5. The van der Waals surface area contributed by atoms with Gasteiger partial charge in [0.05, 0.1) is 30.2 Å². The van der Waals surface area contributed by atoms with E-state index in [1.807, 2.05) is 6.92 Å². The predicted molar refractivity (Wildman–Crippen MR) is 114 cm³/mol. The smallest absolute Gasteiger partial charge is 0.307 e. The lowest BCUT2D eigenvalue weighted by Crippen LogP contribution is -2.16. The number of amides is 1. The second kappa shape index (κ2) is 11.6. The van der Waals surface area contributed by atoms with Gasteiger partial charge in [-0.25, -0.2) is 8.42 Å². The summed E-state index contributed by atoms with van der Waals surface area (Å²) in [5.74, 6) is 0.0371. The van der Waals surface area contributed by atoms with E-state index in [4.69, 9.17) is 5.11 Å². The van der Waals surface area contributed by atoms with Gasteiger partial charge in [0.2, 0.25) is 5.91 Å². The van der Waals surface area contributed by atoms with Crippen LogP contribution in [0.5, 0.6) is 0 Å². The summed E-state index contributed by atoms with van der Waals surface area (Å²) in [4.78, 5) is 21.9. The molecule has 158 valence electrons. The summed E-state index contributed by atoms with van der Waals surface area (Å²) < 4.78 is 31.2. The predicted octanol–water partition coefficient (Wildman–Crippen LogP) is 2.42. The molecule has 0 aliphatic heterocycles. The monoisotopic (exact) mass is 439 g/mol. The molecule has 0 saturated heterocycles. The fourth-order valence-electron chi connectivity index (χ4n) is 2.11. The number of rotatable bonds is 7. The van der Waals surface area contributed by atoms with Crippen LogP contribution < -0.4 is 5.32 Å². The summed E-state index contributed by atoms with van der Waals surface area (Å²) in [5.41, 5.74) is 2.36. The maximum atomic E-state index is 11.6. The Labute approximate surface area is 174 Å². The number of hydrogen-bond acceptors (Lipinski definition) is 5. The van der Waals surface area contributed by atoms with Crippen molar-refractivity contribution in [1.29, 1.82) is 0 Å². The van der Waals surface area contributed by atoms with Crippen LogP contribution in [0.1, 0.15) is 17.5 Å². The van der Waals surface area contributed by atoms with Crippen molar-refractivity contribution in [2.45, 2.75) is 24.7 Å². The minimum Gasteiger partial charge on any atom is -0.744 e. The average molecular weight is 440 g/mol. The van der Waals surface area contributed by atoms with Crippen LogP contribution in [0.4, 0.5) is 5.69 Å². The Morgan fingerprint density at radius 2 is 1.59 bits per heavy atom. The number of carboxylic acids is 1. The van der Waals surface area contributed by atoms with E-state index in [-0.39, 0.29) is 28.1 Å². The molecule has 0 radical (unpaired) electrons. The Kier molecular flexibility index (Phi) is 9.87. The number of carbonyl (C=O) groups is 2. The van der Waals surface area contributed by atoms with E-state index in [9.17, 15) is 22.6 Å². The van der Waals surface area contributed by atoms with Gasteiger partial charge >= 0.3 is 5.97 Å². The Balaban J connectivity index is 0.000000326. The Morgan fingerprint density at radius 1 is 1.03 bits per heavy atom. The number of hydrogen-bond donors (Lipinski definition) is 2. The normalized spacial score (nSPS) is 10.8. The first kappa shape index (κ1) is 24.7. The van der Waals surface area contributed by atoms with Crippen molar-refractivity contribution in [1.82, 2.24) is 0 Å². The van der Waals surface area contributed by atoms with Gasteiger partial charge in [-0.3, -0.25) is 9.59 Å². The summed E-state index contributed by atoms with van der Waals surface area (Å²) in [6.45, 7) is 1.82. The zero-order valence-corrected chi connectivity index (χ0v) is 18.2. The van der Waals surface area contributed by atoms with Gasteiger partial charge < -0.3 is 15.0 Å². The standard InChI is InChI=1S/C13H17NO3S.C7H8O3S/c1-18(2)8-7-12(15)14-11-5-3-10(4-6-11)9-13(16)17;1-6-2-4-7(5-3-6)11(8,9)10/h3-6H,7-9H2,1-2H3,(H-,14,15,16,17);2-5H,1H3,(H,8,9,10). The molecule has 0 aliphatic rings. The van der Waals surface area contributed by atoms with Crippen molar-refractivity contribution in [3.63, 3.8) is 0 Å². The summed E-state index contributed by atoms with van der Waals surface area (Å²) in [7, 11) is -4.00. The fourth-order valence-corrected chi connectivity index (χ4v) is 3.17. The highest BCUT2D eigenvalue weighted by molar-refractivity contribution is 7.95. The van der Waals surface area contributed by atoms with Crippen LogP contribution in [0, 0.1) is 6.92 Å². The van der Waals surface area contributed by atoms with Crippen LogP contribution >= 0.6 is 0 Å². The highest BCUT2D eigenvalue weighted by Crippen LogP contribution is 2.11. The second-order valence-corrected chi connectivity index (χ2v) is 10.3. The zero-order chi connectivity index (χ0) is 22.0. The lowest BCUT2D eigenvalue weighted by atomic mass is 10.1. The molecule has 0 aliphatic carbocycles. The molecule has 1 amide bonds. The van der Waals surface area contributed by atoms with Gasteiger partial charge in [-0.05, 0) is 47.6 Å². The number of anilines is 1. The van der Waals surface area contributed by atoms with Crippen molar-refractivity contribution in [3.05, 3.63) is 59.7 Å². The lowest BCUT2D eigenvalue weighted by molar-refractivity contribution is -0.136. The summed E-state index contributed by atoms with van der Waals surface area (Å²) in [6, 6.07) is 12.7. The molecule has 2 N–H and O–H groups in total. The molecule has 29 heavy (non-hydrogen) atoms. The molecule has 0 saturated carbocycles. The lowest BCUT2D eigenvalue weighted by Gasteiger charge is -2.05. The average Bonchev–Trinajstić information content (AvgIpc) is 2.61. The molecule has 7 nitrogen and oxygen atoms in total. The first-order valence-corrected chi connectivity index (χ1v) is 12.3. The summed E-state index contributed by atoms with van der Waals surface area (Å²) in [5, 5.41) is 11.4. The number of carbonyl (C=O) groups excluding carboxylic acids is 1. The van der Waals surface area contributed by atoms with Gasteiger partial charge in [0.15, 0.2) is 0 Å². The molecule has 2 rings (SSSR count). The highest BCUT2D eigenvalue weighted by Gasteiger charge is 2.08. The molecule has 9 heteroatoms. The second-order valence-electron chi connectivity index (χ2n) is 6.52. The van der Waals surface area contributed by atoms with Gasteiger partial charge in [-0.2, -0.15) is 0 Å². The van der Waals surface area contributed by atoms with Crippen molar-refractivity contribution < 1.29 is 27.7 Å². The van der Waals surface area contributed by atoms with Crippen LogP contribution in [0.15, 0.2) is 53.4 Å². The van der Waals surface area contributed by atoms with Gasteiger partial charge in [-0.1, -0.05) is 29.8 Å². The Hall–Kier alpha value is -2.36. The van der Waals surface area contributed by atoms with Gasteiger partial charge in [0, 0.05) is 5.69 Å². The Morgan fingerprint density at radius 3 is 2.03 bits per heavy atom. The topological polar surface area (TPSA) is 124 Å². The number of aliphatic carboxylic acids is 1. The van der Waals surface area contributed by atoms with E-state index in [1.165, 1.54) is 12.1 Å². The van der Waals surface area contributed by atoms with Crippen LogP contribution in [0.3, 0.4) is 0 Å². The summed E-state index contributed by atoms with van der Waals surface area (Å²) >= 11 is 0. The molecule has 2 aromatic carbocycles. The number of nitrogens with one attached hydrogen (secondary N) is 1. The quantitative estimate of drug-likeness (QED) is 0.504. The van der Waals surface area contributed by atoms with Crippen molar-refractivity contribution >= 4 is 38.6 Å². The molecule has 0 aromatic heterocycles. The highest BCUT2D eigenvalue weighted by atomic mass is 32.2. The van der Waals surface area contributed by atoms with E-state index in [2.05, 4.69) is 17.8 Å². The summed E-state index contributed by atoms with van der Waals surface area (Å²) in [6.07, 6.45) is 4.73. The van der Waals surface area contributed by atoms with Crippen LogP contribution in [-0.4, -0.2) is 48.2 Å². The minimum atomic E-state index is -4.27. The molecule has 0 fully saturated rings. The third kappa shape index (κ3) is 10.7. The fraction of sp³-hybridized carbons (Fsp3) is 0.300. The molecule has 0 unspecified atom stereocenters. The third-order valence-corrected chi connectivity index (χ3v) is 5.51. The van der Waals surface area contributed by atoms with Gasteiger partial charge in [0.25, 0.3) is 0 Å². The van der Waals surface area contributed by atoms with E-state index in [0.29, 0.717) is 12.1 Å². The minimum absolute atomic E-state index is 0.00202. The van der Waals surface area contributed by atoms with Crippen molar-refractivity contribution in [2.75, 3.05) is 23.6 Å². The van der Waals surface area contributed by atoms with Crippen LogP contribution in [0.2, 0.25) is 0 Å². The molecule has 0 spiro atoms. The molecular formula is C20H25NO6S2. The van der Waals surface area contributed by atoms with Crippen LogP contribution in [-0.2, 0) is 37.0 Å². The van der Waals surface area contributed by atoms with Gasteiger partial charge in [-0.15, -0.1) is 0 Å². The number of carboxylic acid groups (broad SMARTS) is 1. The number of aryl methyl sites for hydroxylation is 1. The van der Waals surface area contributed by atoms with Crippen LogP contribution in [0.25, 0.3) is 0 Å². The molecular weight excluding hydrogens is 414 g/mol. The van der Waals surface area contributed by atoms with E-state index >= 15 is 0 Å². The van der Waals surface area contributed by atoms with Crippen molar-refractivity contribution in [2.24, 2.45) is 0 Å². The van der Waals surface area contributed by atoms with E-state index in [1.54, 1.807) is 36.4 Å². The molecule has 0 heterocycles. The first-order valence-electron chi connectivity index (χ1n) is 8.64. The van der Waals surface area contributed by atoms with E-state index < -0.39 is 16.1 Å².